The second-order valence-electron chi connectivity index (χ2n) is 4.89. The van der Waals surface area contributed by atoms with Gasteiger partial charge in [-0.1, -0.05) is 25.5 Å². The molecule has 0 aromatic heterocycles. The molecule has 0 heterocycles. The van der Waals surface area contributed by atoms with Crippen LogP contribution < -0.4 is 4.74 Å². The Morgan fingerprint density at radius 1 is 1.25 bits per heavy atom. The van der Waals surface area contributed by atoms with E-state index in [1.54, 1.807) is 4.90 Å². The van der Waals surface area contributed by atoms with Crippen LogP contribution in [-0.2, 0) is 11.3 Å². The summed E-state index contributed by atoms with van der Waals surface area (Å²) in [6.45, 7) is 3.52. The van der Waals surface area contributed by atoms with Crippen molar-refractivity contribution in [2.24, 2.45) is 0 Å². The van der Waals surface area contributed by atoms with E-state index in [1.165, 1.54) is 0 Å². The van der Waals surface area contributed by atoms with Crippen LogP contribution in [0.2, 0.25) is 0 Å². The number of carbonyl (C=O) groups is 1. The van der Waals surface area contributed by atoms with Gasteiger partial charge in [-0.3, -0.25) is 4.79 Å². The number of halogens is 1. The Hall–Kier alpha value is -1.22. The Morgan fingerprint density at radius 3 is 2.55 bits per heavy atom. The third kappa shape index (κ3) is 6.29. The van der Waals surface area contributed by atoms with Crippen molar-refractivity contribution in [1.82, 2.24) is 4.90 Å². The van der Waals surface area contributed by atoms with E-state index in [0.717, 1.165) is 37.2 Å². The topological polar surface area (TPSA) is 29.5 Å². The molecule has 0 N–H and O–H groups in total. The van der Waals surface area contributed by atoms with Crippen LogP contribution in [-0.4, -0.2) is 30.3 Å². The average Bonchev–Trinajstić information content (AvgIpc) is 2.46. The maximum absolute atomic E-state index is 11.8. The predicted molar refractivity (Wildman–Crippen MR) is 83.3 cm³/mol. The summed E-state index contributed by atoms with van der Waals surface area (Å²) in [5, 5.41) is 0. The van der Waals surface area contributed by atoms with E-state index in [9.17, 15) is 4.79 Å². The third-order valence-electron chi connectivity index (χ3n) is 3.06. The summed E-state index contributed by atoms with van der Waals surface area (Å²) in [5.41, 5.74) is 1.11. The molecule has 4 heteroatoms. The molecule has 0 spiro atoms. The highest BCUT2D eigenvalue weighted by atomic mass is 35.5. The zero-order valence-corrected chi connectivity index (χ0v) is 13.2. The Morgan fingerprint density at radius 2 is 1.95 bits per heavy atom. The molecule has 0 saturated heterocycles. The molecule has 1 aromatic rings. The van der Waals surface area contributed by atoms with Crippen molar-refractivity contribution in [2.45, 2.75) is 39.2 Å². The van der Waals surface area contributed by atoms with Crippen molar-refractivity contribution in [3.63, 3.8) is 0 Å². The number of alkyl halides is 1. The van der Waals surface area contributed by atoms with Crippen molar-refractivity contribution in [2.75, 3.05) is 19.5 Å². The van der Waals surface area contributed by atoms with Gasteiger partial charge in [-0.15, -0.1) is 11.6 Å². The minimum Gasteiger partial charge on any atom is -0.494 e. The predicted octanol–water partition coefficient (Wildman–Crippen LogP) is 3.84. The van der Waals surface area contributed by atoms with Gasteiger partial charge >= 0.3 is 0 Å². The Kier molecular flexibility index (Phi) is 8.12. The van der Waals surface area contributed by atoms with Crippen LogP contribution in [0, 0.1) is 0 Å². The summed E-state index contributed by atoms with van der Waals surface area (Å²) in [4.78, 5) is 13.5. The van der Waals surface area contributed by atoms with E-state index >= 15 is 0 Å². The second-order valence-corrected chi connectivity index (χ2v) is 5.27. The van der Waals surface area contributed by atoms with Crippen molar-refractivity contribution in [3.8, 4) is 5.75 Å². The number of hydrogen-bond acceptors (Lipinski definition) is 2. The molecular formula is C16H24ClNO2. The van der Waals surface area contributed by atoms with Gasteiger partial charge in [0.1, 0.15) is 5.75 Å². The molecule has 0 fully saturated rings. The molecule has 112 valence electrons. The number of unbranched alkanes of at least 4 members (excludes halogenated alkanes) is 1. The lowest BCUT2D eigenvalue weighted by atomic mass is 10.2. The van der Waals surface area contributed by atoms with E-state index in [4.69, 9.17) is 16.3 Å². The van der Waals surface area contributed by atoms with Crippen molar-refractivity contribution < 1.29 is 9.53 Å². The maximum Gasteiger partial charge on any atom is 0.222 e. The quantitative estimate of drug-likeness (QED) is 0.512. The van der Waals surface area contributed by atoms with E-state index in [2.05, 4.69) is 6.92 Å². The minimum atomic E-state index is 0.133. The molecular weight excluding hydrogens is 274 g/mol. The third-order valence-corrected chi connectivity index (χ3v) is 3.33. The highest BCUT2D eigenvalue weighted by Gasteiger charge is 2.08. The average molecular weight is 298 g/mol. The monoisotopic (exact) mass is 297 g/mol. The second kappa shape index (κ2) is 9.65. The van der Waals surface area contributed by atoms with Crippen LogP contribution >= 0.6 is 11.6 Å². The van der Waals surface area contributed by atoms with Crippen LogP contribution in [0.25, 0.3) is 0 Å². The van der Waals surface area contributed by atoms with Crippen molar-refractivity contribution in [3.05, 3.63) is 29.8 Å². The number of nitrogens with zero attached hydrogens (tertiary/aromatic N) is 1. The molecule has 0 bridgehead atoms. The van der Waals surface area contributed by atoms with Crippen LogP contribution in [0.1, 0.15) is 38.2 Å². The number of hydrogen-bond donors (Lipinski definition) is 0. The Balaban J connectivity index is 2.42. The SMILES string of the molecule is CCCCOc1ccc(CN(C)C(=O)CCCCl)cc1. The van der Waals surface area contributed by atoms with Gasteiger partial charge in [0, 0.05) is 25.9 Å². The van der Waals surface area contributed by atoms with Gasteiger partial charge in [-0.05, 0) is 30.5 Å². The molecule has 0 aliphatic carbocycles. The fourth-order valence-corrected chi connectivity index (χ4v) is 1.93. The maximum atomic E-state index is 11.8. The fourth-order valence-electron chi connectivity index (χ4n) is 1.80. The summed E-state index contributed by atoms with van der Waals surface area (Å²) in [6.07, 6.45) is 3.44. The molecule has 3 nitrogen and oxygen atoms in total. The summed E-state index contributed by atoms with van der Waals surface area (Å²) in [5.74, 6) is 1.55. The molecule has 0 atom stereocenters. The first-order valence-corrected chi connectivity index (χ1v) is 7.72. The molecule has 0 unspecified atom stereocenters. The van der Waals surface area contributed by atoms with Crippen LogP contribution in [0.15, 0.2) is 24.3 Å². The number of ether oxygens (including phenoxy) is 1. The number of carbonyl (C=O) groups excluding carboxylic acids is 1. The van der Waals surface area contributed by atoms with Gasteiger partial charge in [0.15, 0.2) is 0 Å². The number of benzene rings is 1. The zero-order chi connectivity index (χ0) is 14.8. The molecule has 1 rings (SSSR count). The first-order valence-electron chi connectivity index (χ1n) is 7.19. The van der Waals surface area contributed by atoms with Gasteiger partial charge in [-0.25, -0.2) is 0 Å². The van der Waals surface area contributed by atoms with E-state index in [0.29, 0.717) is 18.8 Å². The number of rotatable bonds is 9. The van der Waals surface area contributed by atoms with Crippen molar-refractivity contribution in [1.29, 1.82) is 0 Å². The zero-order valence-electron chi connectivity index (χ0n) is 12.4. The van der Waals surface area contributed by atoms with E-state index in [1.807, 2.05) is 31.3 Å². The van der Waals surface area contributed by atoms with E-state index < -0.39 is 0 Å². The van der Waals surface area contributed by atoms with Gasteiger partial charge < -0.3 is 9.64 Å². The lowest BCUT2D eigenvalue weighted by molar-refractivity contribution is -0.130. The first kappa shape index (κ1) is 16.8. The molecule has 0 saturated carbocycles. The largest absolute Gasteiger partial charge is 0.494 e. The minimum absolute atomic E-state index is 0.133. The van der Waals surface area contributed by atoms with Crippen LogP contribution in [0.3, 0.4) is 0 Å². The molecule has 0 radical (unpaired) electrons. The lowest BCUT2D eigenvalue weighted by Gasteiger charge is -2.17. The van der Waals surface area contributed by atoms with Crippen LogP contribution in [0.4, 0.5) is 0 Å². The van der Waals surface area contributed by atoms with Crippen molar-refractivity contribution >= 4 is 17.5 Å². The highest BCUT2D eigenvalue weighted by molar-refractivity contribution is 6.17. The molecule has 0 aliphatic rings. The molecule has 20 heavy (non-hydrogen) atoms. The molecule has 0 aliphatic heterocycles. The van der Waals surface area contributed by atoms with Crippen LogP contribution in [0.5, 0.6) is 5.75 Å². The summed E-state index contributed by atoms with van der Waals surface area (Å²) >= 11 is 5.60. The standard InChI is InChI=1S/C16H24ClNO2/c1-3-4-12-20-15-9-7-14(8-10-15)13-18(2)16(19)6-5-11-17/h7-10H,3-6,11-13H2,1-2H3. The smallest absolute Gasteiger partial charge is 0.222 e. The summed E-state index contributed by atoms with van der Waals surface area (Å²) in [6, 6.07) is 7.93. The molecule has 1 aromatic carbocycles. The first-order chi connectivity index (χ1) is 9.67. The van der Waals surface area contributed by atoms with Gasteiger partial charge in [0.05, 0.1) is 6.61 Å². The van der Waals surface area contributed by atoms with E-state index in [-0.39, 0.29) is 5.91 Å². The highest BCUT2D eigenvalue weighted by Crippen LogP contribution is 2.14. The van der Waals surface area contributed by atoms with Gasteiger partial charge in [0.25, 0.3) is 0 Å². The lowest BCUT2D eigenvalue weighted by Crippen LogP contribution is -2.25. The number of amides is 1. The molecule has 1 amide bonds. The summed E-state index contributed by atoms with van der Waals surface area (Å²) in [7, 11) is 1.82. The Labute approximate surface area is 126 Å². The van der Waals surface area contributed by atoms with Gasteiger partial charge in [-0.2, -0.15) is 0 Å². The summed E-state index contributed by atoms with van der Waals surface area (Å²) < 4.78 is 5.61. The normalized spacial score (nSPS) is 10.3. The Bertz CT molecular complexity index is 392. The van der Waals surface area contributed by atoms with Gasteiger partial charge in [0.2, 0.25) is 5.91 Å². The fraction of sp³-hybridized carbons (Fsp3) is 0.562.